The molecule has 0 bridgehead atoms. The van der Waals surface area contributed by atoms with Crippen LogP contribution in [0, 0.1) is 6.92 Å². The van der Waals surface area contributed by atoms with E-state index in [0.717, 1.165) is 30.0 Å². The highest BCUT2D eigenvalue weighted by atomic mass is 79.9. The number of aryl methyl sites for hydroxylation is 1. The van der Waals surface area contributed by atoms with Crippen LogP contribution in [0.4, 0.5) is 0 Å². The van der Waals surface area contributed by atoms with Crippen molar-refractivity contribution in [3.05, 3.63) is 48.5 Å². The van der Waals surface area contributed by atoms with Crippen LogP contribution in [0.1, 0.15) is 22.0 Å². The summed E-state index contributed by atoms with van der Waals surface area (Å²) < 4.78 is 7.43. The van der Waals surface area contributed by atoms with E-state index in [1.54, 1.807) is 18.4 Å². The first-order chi connectivity index (χ1) is 8.52. The van der Waals surface area contributed by atoms with E-state index in [9.17, 15) is 0 Å². The van der Waals surface area contributed by atoms with Crippen molar-refractivity contribution in [2.75, 3.05) is 7.11 Å². The number of halogens is 2. The Hall–Kier alpha value is -0.360. The number of methoxy groups -OCH3 is 1. The first-order valence-electron chi connectivity index (χ1n) is 5.37. The van der Waals surface area contributed by atoms with E-state index < -0.39 is 0 Å². The molecule has 2 N–H and O–H groups in total. The quantitative estimate of drug-likeness (QED) is 0.828. The molecule has 96 valence electrons. The van der Waals surface area contributed by atoms with Crippen LogP contribution in [0.25, 0.3) is 0 Å². The molecule has 0 fully saturated rings. The Morgan fingerprint density at radius 3 is 2.56 bits per heavy atom. The molecule has 0 amide bonds. The molecule has 2 aromatic rings. The fraction of sp³-hybridized carbons (Fsp3) is 0.231. The van der Waals surface area contributed by atoms with Crippen LogP contribution in [0.3, 0.4) is 0 Å². The molecule has 1 unspecified atom stereocenters. The summed E-state index contributed by atoms with van der Waals surface area (Å²) in [6.07, 6.45) is 0. The van der Waals surface area contributed by atoms with Crippen molar-refractivity contribution in [3.8, 4) is 5.75 Å². The molecule has 0 spiro atoms. The molecule has 2 rings (SSSR count). The summed E-state index contributed by atoms with van der Waals surface area (Å²) in [4.78, 5) is 1.11. The molecular formula is C13H13Br2NOS. The molecule has 1 heterocycles. The van der Waals surface area contributed by atoms with Crippen molar-refractivity contribution in [1.29, 1.82) is 0 Å². The molecule has 1 aromatic carbocycles. The Morgan fingerprint density at radius 2 is 2.00 bits per heavy atom. The van der Waals surface area contributed by atoms with E-state index in [1.807, 2.05) is 31.2 Å². The van der Waals surface area contributed by atoms with E-state index in [4.69, 9.17) is 10.5 Å². The van der Waals surface area contributed by atoms with Crippen LogP contribution in [0.15, 0.2) is 32.5 Å². The number of hydrogen-bond donors (Lipinski definition) is 1. The lowest BCUT2D eigenvalue weighted by molar-refractivity contribution is 0.411. The Bertz CT molecular complexity index is 549. The smallest absolute Gasteiger partial charge is 0.122 e. The third-order valence-electron chi connectivity index (χ3n) is 2.76. The second kappa shape index (κ2) is 5.74. The molecule has 0 aliphatic rings. The van der Waals surface area contributed by atoms with Gasteiger partial charge in [0.1, 0.15) is 5.75 Å². The zero-order valence-corrected chi connectivity index (χ0v) is 14.0. The normalized spacial score (nSPS) is 12.5. The number of thiophene rings is 1. The van der Waals surface area contributed by atoms with Gasteiger partial charge in [-0.2, -0.15) is 0 Å². The highest BCUT2D eigenvalue weighted by Gasteiger charge is 2.15. The lowest BCUT2D eigenvalue weighted by Gasteiger charge is -2.13. The molecule has 2 nitrogen and oxygen atoms in total. The fourth-order valence-electron chi connectivity index (χ4n) is 1.71. The van der Waals surface area contributed by atoms with Gasteiger partial charge in [0.2, 0.25) is 0 Å². The lowest BCUT2D eigenvalue weighted by Crippen LogP contribution is -2.10. The third kappa shape index (κ3) is 2.79. The Balaban J connectivity index is 2.36. The Kier molecular flexibility index (Phi) is 4.48. The van der Waals surface area contributed by atoms with E-state index in [-0.39, 0.29) is 6.04 Å². The number of benzene rings is 1. The average molecular weight is 391 g/mol. The molecule has 0 aliphatic heterocycles. The van der Waals surface area contributed by atoms with Gasteiger partial charge in [-0.3, -0.25) is 0 Å². The standard InChI is InChI=1S/C13H13Br2NOS/c1-7-3-4-8(5-10(7)17-2)12(16)11-6-9(14)13(15)18-11/h3-6,12H,16H2,1-2H3. The summed E-state index contributed by atoms with van der Waals surface area (Å²) in [6.45, 7) is 2.02. The van der Waals surface area contributed by atoms with Gasteiger partial charge in [-0.1, -0.05) is 12.1 Å². The van der Waals surface area contributed by atoms with E-state index >= 15 is 0 Å². The first kappa shape index (κ1) is 14.1. The zero-order valence-electron chi connectivity index (χ0n) is 10.0. The lowest BCUT2D eigenvalue weighted by atomic mass is 10.0. The number of hydrogen-bond acceptors (Lipinski definition) is 3. The molecule has 1 atom stereocenters. The van der Waals surface area contributed by atoms with Crippen LogP contribution in [0.5, 0.6) is 5.75 Å². The SMILES string of the molecule is COc1cc(C(N)c2cc(Br)c(Br)s2)ccc1C. The average Bonchev–Trinajstić information content (AvgIpc) is 2.69. The van der Waals surface area contributed by atoms with Crippen molar-refractivity contribution >= 4 is 43.2 Å². The minimum Gasteiger partial charge on any atom is -0.496 e. The summed E-state index contributed by atoms with van der Waals surface area (Å²) >= 11 is 8.61. The monoisotopic (exact) mass is 389 g/mol. The van der Waals surface area contributed by atoms with E-state index in [1.165, 1.54) is 0 Å². The maximum Gasteiger partial charge on any atom is 0.122 e. The van der Waals surface area contributed by atoms with Gasteiger partial charge in [0.05, 0.1) is 16.9 Å². The molecule has 0 saturated carbocycles. The largest absolute Gasteiger partial charge is 0.496 e. The predicted octanol–water partition coefficient (Wildman–Crippen LogP) is 4.64. The second-order valence-electron chi connectivity index (χ2n) is 3.98. The summed E-state index contributed by atoms with van der Waals surface area (Å²) in [7, 11) is 1.68. The van der Waals surface area contributed by atoms with Crippen molar-refractivity contribution in [1.82, 2.24) is 0 Å². The highest BCUT2D eigenvalue weighted by Crippen LogP contribution is 2.37. The number of ether oxygens (including phenoxy) is 1. The molecule has 5 heteroatoms. The summed E-state index contributed by atoms with van der Waals surface area (Å²) in [5, 5.41) is 0. The molecule has 0 saturated heterocycles. The van der Waals surface area contributed by atoms with Gasteiger partial charge >= 0.3 is 0 Å². The van der Waals surface area contributed by atoms with Crippen molar-refractivity contribution in [2.45, 2.75) is 13.0 Å². The molecule has 0 aliphatic carbocycles. The molecule has 0 radical (unpaired) electrons. The Labute approximate surface area is 127 Å². The van der Waals surface area contributed by atoms with Crippen molar-refractivity contribution < 1.29 is 4.74 Å². The van der Waals surface area contributed by atoms with Crippen LogP contribution in [0.2, 0.25) is 0 Å². The van der Waals surface area contributed by atoms with E-state index in [0.29, 0.717) is 0 Å². The summed E-state index contributed by atoms with van der Waals surface area (Å²) in [6, 6.07) is 8.00. The molecule has 1 aromatic heterocycles. The topological polar surface area (TPSA) is 35.2 Å². The number of rotatable bonds is 3. The number of nitrogens with two attached hydrogens (primary N) is 1. The van der Waals surface area contributed by atoms with E-state index in [2.05, 4.69) is 31.9 Å². The van der Waals surface area contributed by atoms with Gasteiger partial charge in [0, 0.05) is 9.35 Å². The van der Waals surface area contributed by atoms with Gasteiger partial charge < -0.3 is 10.5 Å². The van der Waals surface area contributed by atoms with Gasteiger partial charge in [0.15, 0.2) is 0 Å². The Morgan fingerprint density at radius 1 is 1.28 bits per heavy atom. The minimum absolute atomic E-state index is 0.132. The van der Waals surface area contributed by atoms with Gasteiger partial charge in [0.25, 0.3) is 0 Å². The van der Waals surface area contributed by atoms with Crippen LogP contribution in [-0.4, -0.2) is 7.11 Å². The molecule has 18 heavy (non-hydrogen) atoms. The summed E-state index contributed by atoms with van der Waals surface area (Å²) in [5.41, 5.74) is 8.45. The van der Waals surface area contributed by atoms with Gasteiger partial charge in [-0.25, -0.2) is 0 Å². The maximum absolute atomic E-state index is 6.29. The second-order valence-corrected chi connectivity index (χ2v) is 7.23. The summed E-state index contributed by atoms with van der Waals surface area (Å²) in [5.74, 6) is 0.873. The minimum atomic E-state index is -0.132. The van der Waals surface area contributed by atoms with Crippen LogP contribution >= 0.6 is 43.2 Å². The predicted molar refractivity (Wildman–Crippen MR) is 83.5 cm³/mol. The highest BCUT2D eigenvalue weighted by molar-refractivity contribution is 9.13. The maximum atomic E-state index is 6.29. The molecular weight excluding hydrogens is 378 g/mol. The van der Waals surface area contributed by atoms with Gasteiger partial charge in [-0.05, 0) is 62.0 Å². The zero-order chi connectivity index (χ0) is 13.3. The van der Waals surface area contributed by atoms with Crippen molar-refractivity contribution in [2.24, 2.45) is 5.73 Å². The van der Waals surface area contributed by atoms with Crippen molar-refractivity contribution in [3.63, 3.8) is 0 Å². The van der Waals surface area contributed by atoms with Crippen LogP contribution < -0.4 is 10.5 Å². The van der Waals surface area contributed by atoms with Crippen LogP contribution in [-0.2, 0) is 0 Å². The fourth-order valence-corrected chi connectivity index (χ4v) is 3.83. The van der Waals surface area contributed by atoms with Gasteiger partial charge in [-0.15, -0.1) is 11.3 Å². The third-order valence-corrected chi connectivity index (χ3v) is 6.10. The first-order valence-corrected chi connectivity index (χ1v) is 7.78.